The van der Waals surface area contributed by atoms with E-state index in [4.69, 9.17) is 0 Å². The van der Waals surface area contributed by atoms with Crippen molar-refractivity contribution in [3.63, 3.8) is 0 Å². The molecule has 0 spiro atoms. The van der Waals surface area contributed by atoms with Gasteiger partial charge in [0.1, 0.15) is 0 Å². The molecule has 1 unspecified atom stereocenters. The van der Waals surface area contributed by atoms with E-state index in [2.05, 4.69) is 15.3 Å². The Morgan fingerprint density at radius 1 is 1.23 bits per heavy atom. The molecule has 1 fully saturated rings. The topological polar surface area (TPSA) is 80.0 Å². The molecule has 0 bridgehead atoms. The summed E-state index contributed by atoms with van der Waals surface area (Å²) in [6.45, 7) is 0.816. The Balaban J connectivity index is 1.38. The van der Waals surface area contributed by atoms with E-state index >= 15 is 0 Å². The smallest absolute Gasteiger partial charge is 0.224 e. The number of aliphatic hydroxyl groups is 1. The summed E-state index contributed by atoms with van der Waals surface area (Å²) in [5.41, 5.74) is 1.76. The quantitative estimate of drug-likeness (QED) is 0.737. The van der Waals surface area contributed by atoms with Gasteiger partial charge >= 0.3 is 0 Å². The maximum atomic E-state index is 12.5. The fourth-order valence-corrected chi connectivity index (χ4v) is 3.86. The van der Waals surface area contributed by atoms with Crippen molar-refractivity contribution in [3.05, 3.63) is 60.8 Å². The fraction of sp³-hybridized carbons (Fsp3) is 0.350. The van der Waals surface area contributed by atoms with Gasteiger partial charge in [-0.2, -0.15) is 0 Å². The number of hydrogen-bond donors (Lipinski definition) is 2. The summed E-state index contributed by atoms with van der Waals surface area (Å²) in [7, 11) is 0. The van der Waals surface area contributed by atoms with E-state index < -0.39 is 6.10 Å². The molecule has 1 aliphatic rings. The third kappa shape index (κ3) is 3.60. The lowest BCUT2D eigenvalue weighted by atomic mass is 10.1. The number of para-hydroxylation sites is 1. The van der Waals surface area contributed by atoms with E-state index in [9.17, 15) is 9.90 Å². The third-order valence-electron chi connectivity index (χ3n) is 5.07. The summed E-state index contributed by atoms with van der Waals surface area (Å²) in [5, 5.41) is 14.4. The van der Waals surface area contributed by atoms with Crippen LogP contribution in [-0.2, 0) is 17.8 Å². The molecule has 3 atom stereocenters. The minimum Gasteiger partial charge on any atom is -0.391 e. The first-order chi connectivity index (χ1) is 12.7. The predicted molar refractivity (Wildman–Crippen MR) is 98.3 cm³/mol. The van der Waals surface area contributed by atoms with Crippen LogP contribution >= 0.6 is 0 Å². The van der Waals surface area contributed by atoms with Crippen molar-refractivity contribution in [2.45, 2.75) is 38.0 Å². The number of nitrogens with zero attached hydrogens (tertiary/aromatic N) is 3. The number of hydrogen-bond acceptors (Lipinski definition) is 4. The van der Waals surface area contributed by atoms with Gasteiger partial charge in [0.2, 0.25) is 5.91 Å². The molecule has 6 nitrogen and oxygen atoms in total. The highest BCUT2D eigenvalue weighted by atomic mass is 16.3. The van der Waals surface area contributed by atoms with Crippen molar-refractivity contribution in [3.8, 4) is 0 Å². The molecule has 134 valence electrons. The van der Waals surface area contributed by atoms with Crippen molar-refractivity contribution in [2.24, 2.45) is 5.92 Å². The molecule has 0 saturated heterocycles. The lowest BCUT2D eigenvalue weighted by Gasteiger charge is -2.17. The number of imidazole rings is 1. The highest BCUT2D eigenvalue weighted by Crippen LogP contribution is 2.27. The first kappa shape index (κ1) is 16.7. The fourth-order valence-electron chi connectivity index (χ4n) is 3.86. The van der Waals surface area contributed by atoms with Gasteiger partial charge in [0, 0.05) is 30.5 Å². The van der Waals surface area contributed by atoms with Crippen molar-refractivity contribution in [2.75, 3.05) is 0 Å². The summed E-state index contributed by atoms with van der Waals surface area (Å²) in [5.74, 6) is 0.263. The molecular weight excluding hydrogens is 328 g/mol. The number of aliphatic hydroxyl groups excluding tert-OH is 1. The minimum absolute atomic E-state index is 0.0736. The SMILES string of the molecule is O=C(Cc1cccc2cccnc12)N[C@@H]1CC(Cn2ccnc2)C[C@H]1O. The van der Waals surface area contributed by atoms with Gasteiger partial charge in [0.25, 0.3) is 0 Å². The van der Waals surface area contributed by atoms with E-state index in [1.165, 1.54) is 0 Å². The van der Waals surface area contributed by atoms with Gasteiger partial charge in [-0.1, -0.05) is 24.3 Å². The van der Waals surface area contributed by atoms with Gasteiger partial charge in [0.15, 0.2) is 0 Å². The first-order valence-corrected chi connectivity index (χ1v) is 8.95. The first-order valence-electron chi connectivity index (χ1n) is 8.95. The molecule has 1 saturated carbocycles. The summed E-state index contributed by atoms with van der Waals surface area (Å²) < 4.78 is 2.02. The molecule has 0 radical (unpaired) electrons. The maximum absolute atomic E-state index is 12.5. The van der Waals surface area contributed by atoms with Crippen LogP contribution < -0.4 is 5.32 Å². The number of nitrogens with one attached hydrogen (secondary N) is 1. The normalized spacial score (nSPS) is 22.6. The van der Waals surface area contributed by atoms with Gasteiger partial charge < -0.3 is 15.0 Å². The van der Waals surface area contributed by atoms with Gasteiger partial charge in [-0.05, 0) is 30.4 Å². The number of aromatic nitrogens is 3. The van der Waals surface area contributed by atoms with Crippen LogP contribution in [0.2, 0.25) is 0 Å². The summed E-state index contributed by atoms with van der Waals surface area (Å²) in [6.07, 6.45) is 8.44. The molecule has 26 heavy (non-hydrogen) atoms. The van der Waals surface area contributed by atoms with Crippen molar-refractivity contribution in [1.82, 2.24) is 19.9 Å². The lowest BCUT2D eigenvalue weighted by molar-refractivity contribution is -0.121. The predicted octanol–water partition coefficient (Wildman–Crippen LogP) is 1.93. The molecule has 1 aromatic carbocycles. The largest absolute Gasteiger partial charge is 0.391 e. The van der Waals surface area contributed by atoms with Crippen LogP contribution in [0.15, 0.2) is 55.2 Å². The number of carbonyl (C=O) groups excluding carboxylic acids is 1. The molecular formula is C20H22N4O2. The zero-order chi connectivity index (χ0) is 17.9. The van der Waals surface area contributed by atoms with E-state index in [0.29, 0.717) is 12.3 Å². The average Bonchev–Trinajstić information content (AvgIpc) is 3.26. The molecule has 2 aromatic heterocycles. The van der Waals surface area contributed by atoms with Crippen LogP contribution in [0.5, 0.6) is 0 Å². The molecule has 0 aliphatic heterocycles. The Kier molecular flexibility index (Phi) is 4.67. The van der Waals surface area contributed by atoms with Gasteiger partial charge in [-0.15, -0.1) is 0 Å². The Labute approximate surface area is 151 Å². The number of rotatable bonds is 5. The molecule has 1 amide bonds. The Bertz CT molecular complexity index is 888. The van der Waals surface area contributed by atoms with Crippen molar-refractivity contribution in [1.29, 1.82) is 0 Å². The van der Waals surface area contributed by atoms with Crippen LogP contribution in [0.1, 0.15) is 18.4 Å². The van der Waals surface area contributed by atoms with E-state index in [-0.39, 0.29) is 18.4 Å². The Hall–Kier alpha value is -2.73. The highest BCUT2D eigenvalue weighted by Gasteiger charge is 2.34. The third-order valence-corrected chi connectivity index (χ3v) is 5.07. The molecule has 1 aliphatic carbocycles. The number of fused-ring (bicyclic) bond motifs is 1. The maximum Gasteiger partial charge on any atom is 0.224 e. The second-order valence-electron chi connectivity index (χ2n) is 7.01. The van der Waals surface area contributed by atoms with Crippen LogP contribution in [-0.4, -0.2) is 37.7 Å². The lowest BCUT2D eigenvalue weighted by Crippen LogP contribution is -2.40. The Morgan fingerprint density at radius 2 is 2.12 bits per heavy atom. The number of amides is 1. The molecule has 6 heteroatoms. The van der Waals surface area contributed by atoms with Crippen LogP contribution in [0.4, 0.5) is 0 Å². The second-order valence-corrected chi connectivity index (χ2v) is 7.01. The highest BCUT2D eigenvalue weighted by molar-refractivity contribution is 5.87. The summed E-state index contributed by atoms with van der Waals surface area (Å²) in [6, 6.07) is 9.55. The number of pyridine rings is 1. The van der Waals surface area contributed by atoms with Crippen molar-refractivity contribution < 1.29 is 9.90 Å². The monoisotopic (exact) mass is 350 g/mol. The standard InChI is InChI=1S/C20H22N4O2/c25-18-10-14(12-24-8-7-21-13-24)9-17(18)23-19(26)11-16-4-1-3-15-5-2-6-22-20(15)16/h1-8,13-14,17-18,25H,9-12H2,(H,23,26)/t14?,17-,18-/m1/s1. The minimum atomic E-state index is -0.502. The van der Waals surface area contributed by atoms with Gasteiger partial charge in [-0.25, -0.2) is 4.98 Å². The number of carbonyl (C=O) groups is 1. The second kappa shape index (κ2) is 7.25. The van der Waals surface area contributed by atoms with E-state index in [1.807, 2.05) is 41.1 Å². The Morgan fingerprint density at radius 3 is 2.96 bits per heavy atom. The van der Waals surface area contributed by atoms with E-state index in [1.54, 1.807) is 18.7 Å². The number of benzene rings is 1. The molecule has 3 aromatic rings. The zero-order valence-corrected chi connectivity index (χ0v) is 14.5. The van der Waals surface area contributed by atoms with Crippen molar-refractivity contribution >= 4 is 16.8 Å². The van der Waals surface area contributed by atoms with Crippen LogP contribution in [0.3, 0.4) is 0 Å². The van der Waals surface area contributed by atoms with Crippen LogP contribution in [0, 0.1) is 5.92 Å². The van der Waals surface area contributed by atoms with Gasteiger partial charge in [-0.3, -0.25) is 9.78 Å². The molecule has 4 rings (SSSR count). The average molecular weight is 350 g/mol. The molecule has 2 heterocycles. The van der Waals surface area contributed by atoms with Crippen LogP contribution in [0.25, 0.3) is 10.9 Å². The summed E-state index contributed by atoms with van der Waals surface area (Å²) >= 11 is 0. The van der Waals surface area contributed by atoms with E-state index in [0.717, 1.165) is 29.4 Å². The van der Waals surface area contributed by atoms with Gasteiger partial charge in [0.05, 0.1) is 30.4 Å². The zero-order valence-electron chi connectivity index (χ0n) is 14.5. The summed E-state index contributed by atoms with van der Waals surface area (Å²) in [4.78, 5) is 21.0. The molecule has 2 N–H and O–H groups in total.